The SMILES string of the molecule is CCCC1CCC(NCc2cn(C)nc2C(C)(C)C)CC1. The summed E-state index contributed by atoms with van der Waals surface area (Å²) < 4.78 is 1.95. The fourth-order valence-electron chi connectivity index (χ4n) is 3.62. The Bertz CT molecular complexity index is 434. The predicted octanol–water partition coefficient (Wildman–Crippen LogP) is 4.17. The maximum Gasteiger partial charge on any atom is 0.0722 e. The van der Waals surface area contributed by atoms with Crippen LogP contribution in [-0.2, 0) is 19.0 Å². The molecule has 1 aliphatic rings. The number of nitrogens with one attached hydrogen (secondary N) is 1. The summed E-state index contributed by atoms with van der Waals surface area (Å²) in [5.74, 6) is 0.983. The summed E-state index contributed by atoms with van der Waals surface area (Å²) in [5.41, 5.74) is 2.72. The van der Waals surface area contributed by atoms with Crippen molar-refractivity contribution in [3.8, 4) is 0 Å². The van der Waals surface area contributed by atoms with Gasteiger partial charge in [0.15, 0.2) is 0 Å². The van der Waals surface area contributed by atoms with Crippen LogP contribution < -0.4 is 5.32 Å². The van der Waals surface area contributed by atoms with Gasteiger partial charge < -0.3 is 5.32 Å². The van der Waals surface area contributed by atoms with Gasteiger partial charge in [0.2, 0.25) is 0 Å². The van der Waals surface area contributed by atoms with E-state index in [1.807, 2.05) is 11.7 Å². The Labute approximate surface area is 130 Å². The van der Waals surface area contributed by atoms with Gasteiger partial charge >= 0.3 is 0 Å². The zero-order valence-electron chi connectivity index (χ0n) is 14.6. The molecule has 1 heterocycles. The second-order valence-corrected chi connectivity index (χ2v) is 7.81. The molecule has 0 aromatic carbocycles. The normalized spacial score (nSPS) is 23.5. The molecule has 120 valence electrons. The Morgan fingerprint density at radius 1 is 1.24 bits per heavy atom. The molecule has 1 aliphatic carbocycles. The molecule has 1 N–H and O–H groups in total. The summed E-state index contributed by atoms with van der Waals surface area (Å²) in [6, 6.07) is 0.700. The number of hydrogen-bond acceptors (Lipinski definition) is 2. The molecule has 1 aromatic heterocycles. The quantitative estimate of drug-likeness (QED) is 0.882. The highest BCUT2D eigenvalue weighted by atomic mass is 15.3. The van der Waals surface area contributed by atoms with E-state index in [0.717, 1.165) is 12.5 Å². The highest BCUT2D eigenvalue weighted by molar-refractivity contribution is 5.24. The standard InChI is InChI=1S/C18H33N3/c1-6-7-14-8-10-16(11-9-14)19-12-15-13-21(5)20-17(15)18(2,3)4/h13-14,16,19H,6-12H2,1-5H3. The van der Waals surface area contributed by atoms with Crippen molar-refractivity contribution >= 4 is 0 Å². The molecule has 0 radical (unpaired) electrons. The second-order valence-electron chi connectivity index (χ2n) is 7.81. The van der Waals surface area contributed by atoms with Crippen LogP contribution in [0, 0.1) is 5.92 Å². The minimum absolute atomic E-state index is 0.122. The first-order valence-corrected chi connectivity index (χ1v) is 8.66. The predicted molar refractivity (Wildman–Crippen MR) is 89.4 cm³/mol. The Hall–Kier alpha value is -0.830. The average molecular weight is 291 g/mol. The van der Waals surface area contributed by atoms with Crippen molar-refractivity contribution in [2.75, 3.05) is 0 Å². The van der Waals surface area contributed by atoms with Gasteiger partial charge in [-0.1, -0.05) is 40.5 Å². The fourth-order valence-corrected chi connectivity index (χ4v) is 3.62. The summed E-state index contributed by atoms with van der Waals surface area (Å²) in [7, 11) is 2.02. The Morgan fingerprint density at radius 2 is 1.90 bits per heavy atom. The lowest BCUT2D eigenvalue weighted by Crippen LogP contribution is -2.33. The average Bonchev–Trinajstić information content (AvgIpc) is 2.80. The third-order valence-electron chi connectivity index (χ3n) is 4.74. The van der Waals surface area contributed by atoms with Crippen molar-refractivity contribution in [2.45, 2.75) is 84.2 Å². The molecule has 1 fully saturated rings. The number of aromatic nitrogens is 2. The second kappa shape index (κ2) is 6.95. The molecule has 0 saturated heterocycles. The van der Waals surface area contributed by atoms with Gasteiger partial charge in [-0.15, -0.1) is 0 Å². The van der Waals surface area contributed by atoms with E-state index >= 15 is 0 Å². The number of hydrogen-bond donors (Lipinski definition) is 1. The van der Waals surface area contributed by atoms with Crippen LogP contribution >= 0.6 is 0 Å². The molecule has 0 bridgehead atoms. The number of rotatable bonds is 5. The molecule has 1 saturated carbocycles. The van der Waals surface area contributed by atoms with Gasteiger partial charge in [-0.25, -0.2) is 0 Å². The molecule has 2 rings (SSSR count). The molecule has 0 unspecified atom stereocenters. The molecular weight excluding hydrogens is 258 g/mol. The van der Waals surface area contributed by atoms with E-state index in [9.17, 15) is 0 Å². The smallest absolute Gasteiger partial charge is 0.0722 e. The highest BCUT2D eigenvalue weighted by Gasteiger charge is 2.24. The third kappa shape index (κ3) is 4.57. The van der Waals surface area contributed by atoms with Crippen LogP contribution in [0.3, 0.4) is 0 Å². The molecule has 0 aliphatic heterocycles. The lowest BCUT2D eigenvalue weighted by atomic mass is 9.83. The van der Waals surface area contributed by atoms with Crippen LogP contribution in [0.25, 0.3) is 0 Å². The van der Waals surface area contributed by atoms with E-state index in [2.05, 4.69) is 44.3 Å². The van der Waals surface area contributed by atoms with Crippen molar-refractivity contribution in [2.24, 2.45) is 13.0 Å². The van der Waals surface area contributed by atoms with Gasteiger partial charge in [0.1, 0.15) is 0 Å². The summed E-state index contributed by atoms with van der Waals surface area (Å²) in [4.78, 5) is 0. The van der Waals surface area contributed by atoms with Crippen LogP contribution in [0.2, 0.25) is 0 Å². The van der Waals surface area contributed by atoms with Gasteiger partial charge in [0, 0.05) is 36.8 Å². The Balaban J connectivity index is 1.87. The monoisotopic (exact) mass is 291 g/mol. The highest BCUT2D eigenvalue weighted by Crippen LogP contribution is 2.28. The van der Waals surface area contributed by atoms with Gasteiger partial charge in [0.05, 0.1) is 5.69 Å². The van der Waals surface area contributed by atoms with Crippen LogP contribution in [0.1, 0.15) is 77.5 Å². The van der Waals surface area contributed by atoms with E-state index in [4.69, 9.17) is 0 Å². The van der Waals surface area contributed by atoms with Gasteiger partial charge in [0.25, 0.3) is 0 Å². The lowest BCUT2D eigenvalue weighted by molar-refractivity contribution is 0.277. The van der Waals surface area contributed by atoms with Crippen molar-refractivity contribution in [3.63, 3.8) is 0 Å². The van der Waals surface area contributed by atoms with E-state index in [0.29, 0.717) is 6.04 Å². The minimum Gasteiger partial charge on any atom is -0.310 e. The molecule has 0 atom stereocenters. The topological polar surface area (TPSA) is 29.9 Å². The molecule has 1 aromatic rings. The molecule has 21 heavy (non-hydrogen) atoms. The molecule has 0 amide bonds. The molecular formula is C18H33N3. The van der Waals surface area contributed by atoms with Gasteiger partial charge in [-0.3, -0.25) is 4.68 Å². The van der Waals surface area contributed by atoms with Crippen molar-refractivity contribution < 1.29 is 0 Å². The summed E-state index contributed by atoms with van der Waals surface area (Å²) >= 11 is 0. The van der Waals surface area contributed by atoms with Crippen molar-refractivity contribution in [1.29, 1.82) is 0 Å². The van der Waals surface area contributed by atoms with Crippen molar-refractivity contribution in [3.05, 3.63) is 17.5 Å². The largest absolute Gasteiger partial charge is 0.310 e. The minimum atomic E-state index is 0.122. The summed E-state index contributed by atoms with van der Waals surface area (Å²) in [6.45, 7) is 10.0. The first kappa shape index (κ1) is 16.5. The van der Waals surface area contributed by atoms with E-state index < -0.39 is 0 Å². The molecule has 3 heteroatoms. The summed E-state index contributed by atoms with van der Waals surface area (Å²) in [6.07, 6.45) is 10.4. The first-order valence-electron chi connectivity index (χ1n) is 8.66. The van der Waals surface area contributed by atoms with E-state index in [1.165, 1.54) is 49.8 Å². The van der Waals surface area contributed by atoms with Gasteiger partial charge in [-0.05, 0) is 31.6 Å². The summed E-state index contributed by atoms with van der Waals surface area (Å²) in [5, 5.41) is 8.43. The van der Waals surface area contributed by atoms with E-state index in [1.54, 1.807) is 0 Å². The number of aryl methyl sites for hydroxylation is 1. The first-order chi connectivity index (χ1) is 9.90. The fraction of sp³-hybridized carbons (Fsp3) is 0.833. The van der Waals surface area contributed by atoms with Crippen LogP contribution in [0.4, 0.5) is 0 Å². The maximum atomic E-state index is 4.66. The van der Waals surface area contributed by atoms with Crippen LogP contribution in [-0.4, -0.2) is 15.8 Å². The van der Waals surface area contributed by atoms with E-state index in [-0.39, 0.29) is 5.41 Å². The zero-order chi connectivity index (χ0) is 15.5. The Morgan fingerprint density at radius 3 is 2.48 bits per heavy atom. The maximum absolute atomic E-state index is 4.66. The van der Waals surface area contributed by atoms with Crippen molar-refractivity contribution in [1.82, 2.24) is 15.1 Å². The van der Waals surface area contributed by atoms with Gasteiger partial charge in [-0.2, -0.15) is 5.10 Å². The Kier molecular flexibility index (Phi) is 5.48. The molecule has 0 spiro atoms. The van der Waals surface area contributed by atoms with Crippen LogP contribution in [0.5, 0.6) is 0 Å². The van der Waals surface area contributed by atoms with Crippen LogP contribution in [0.15, 0.2) is 6.20 Å². The lowest BCUT2D eigenvalue weighted by Gasteiger charge is -2.29. The number of nitrogens with zero attached hydrogens (tertiary/aromatic N) is 2. The molecule has 3 nitrogen and oxygen atoms in total. The zero-order valence-corrected chi connectivity index (χ0v) is 14.6. The third-order valence-corrected chi connectivity index (χ3v) is 4.74.